The third kappa shape index (κ3) is 3.55. The van der Waals surface area contributed by atoms with Crippen molar-refractivity contribution in [1.29, 1.82) is 0 Å². The fourth-order valence-electron chi connectivity index (χ4n) is 2.22. The Kier molecular flexibility index (Phi) is 4.33. The lowest BCUT2D eigenvalue weighted by atomic mass is 10.2. The first-order chi connectivity index (χ1) is 11.2. The summed E-state index contributed by atoms with van der Waals surface area (Å²) in [4.78, 5) is 30.8. The molecule has 3 aromatic rings. The van der Waals surface area contributed by atoms with Crippen LogP contribution in [0.25, 0.3) is 10.9 Å². The second-order valence-corrected chi connectivity index (χ2v) is 4.98. The van der Waals surface area contributed by atoms with Crippen LogP contribution in [0.3, 0.4) is 0 Å². The van der Waals surface area contributed by atoms with Gasteiger partial charge in [-0.2, -0.15) is 0 Å². The SMILES string of the molecule is O=C(NCCNc1nc2ccccc2c(=O)[nH]1)c1ccccc1. The van der Waals surface area contributed by atoms with E-state index in [1.807, 2.05) is 24.3 Å². The summed E-state index contributed by atoms with van der Waals surface area (Å²) in [5, 5.41) is 6.35. The van der Waals surface area contributed by atoms with Crippen molar-refractivity contribution in [2.45, 2.75) is 0 Å². The molecule has 1 amide bonds. The number of anilines is 1. The topological polar surface area (TPSA) is 86.9 Å². The first-order valence-electron chi connectivity index (χ1n) is 7.30. The third-order valence-electron chi connectivity index (χ3n) is 3.35. The monoisotopic (exact) mass is 308 g/mol. The van der Waals surface area contributed by atoms with Gasteiger partial charge in [0, 0.05) is 18.7 Å². The minimum Gasteiger partial charge on any atom is -0.354 e. The lowest BCUT2D eigenvalue weighted by Crippen LogP contribution is -2.29. The molecular formula is C17H16N4O2. The molecule has 6 nitrogen and oxygen atoms in total. The molecule has 23 heavy (non-hydrogen) atoms. The van der Waals surface area contributed by atoms with E-state index in [4.69, 9.17) is 0 Å². The standard InChI is InChI=1S/C17H16N4O2/c22-15(12-6-2-1-3-7-12)18-10-11-19-17-20-14-9-5-4-8-13(14)16(23)21-17/h1-9H,10-11H2,(H,18,22)(H2,19,20,21,23). The van der Waals surface area contributed by atoms with Crippen molar-refractivity contribution < 1.29 is 4.79 Å². The van der Waals surface area contributed by atoms with Crippen molar-refractivity contribution in [3.8, 4) is 0 Å². The van der Waals surface area contributed by atoms with E-state index in [1.165, 1.54) is 0 Å². The highest BCUT2D eigenvalue weighted by atomic mass is 16.1. The number of aromatic amines is 1. The van der Waals surface area contributed by atoms with Crippen molar-refractivity contribution in [3.63, 3.8) is 0 Å². The van der Waals surface area contributed by atoms with Gasteiger partial charge in [0.05, 0.1) is 10.9 Å². The van der Waals surface area contributed by atoms with Crippen LogP contribution in [0.5, 0.6) is 0 Å². The van der Waals surface area contributed by atoms with E-state index in [1.54, 1.807) is 30.3 Å². The van der Waals surface area contributed by atoms with Crippen LogP contribution in [0.2, 0.25) is 0 Å². The van der Waals surface area contributed by atoms with E-state index < -0.39 is 0 Å². The Labute approximate surface area is 132 Å². The number of nitrogens with one attached hydrogen (secondary N) is 3. The zero-order chi connectivity index (χ0) is 16.1. The molecule has 0 radical (unpaired) electrons. The summed E-state index contributed by atoms with van der Waals surface area (Å²) in [5.74, 6) is 0.259. The molecule has 0 saturated carbocycles. The molecule has 0 bridgehead atoms. The number of hydrogen-bond donors (Lipinski definition) is 3. The van der Waals surface area contributed by atoms with Gasteiger partial charge >= 0.3 is 0 Å². The number of hydrogen-bond acceptors (Lipinski definition) is 4. The van der Waals surface area contributed by atoms with Crippen LogP contribution in [-0.2, 0) is 0 Å². The zero-order valence-corrected chi connectivity index (χ0v) is 12.4. The molecule has 1 aromatic heterocycles. The molecule has 0 spiro atoms. The molecule has 0 saturated heterocycles. The first kappa shape index (κ1) is 14.8. The lowest BCUT2D eigenvalue weighted by molar-refractivity contribution is 0.0955. The fraction of sp³-hybridized carbons (Fsp3) is 0.118. The Hall–Kier alpha value is -3.15. The largest absolute Gasteiger partial charge is 0.354 e. The zero-order valence-electron chi connectivity index (χ0n) is 12.4. The number of aromatic nitrogens is 2. The van der Waals surface area contributed by atoms with E-state index in [2.05, 4.69) is 20.6 Å². The van der Waals surface area contributed by atoms with E-state index in [0.717, 1.165) is 0 Å². The summed E-state index contributed by atoms with van der Waals surface area (Å²) in [7, 11) is 0. The smallest absolute Gasteiger partial charge is 0.260 e. The summed E-state index contributed by atoms with van der Waals surface area (Å²) in [6.45, 7) is 0.879. The highest BCUT2D eigenvalue weighted by Crippen LogP contribution is 2.07. The maximum absolute atomic E-state index is 11.9. The number of rotatable bonds is 5. The van der Waals surface area contributed by atoms with Gasteiger partial charge in [0.15, 0.2) is 0 Å². The van der Waals surface area contributed by atoms with Gasteiger partial charge in [-0.05, 0) is 24.3 Å². The van der Waals surface area contributed by atoms with Crippen LogP contribution in [0.1, 0.15) is 10.4 Å². The van der Waals surface area contributed by atoms with Crippen LogP contribution < -0.4 is 16.2 Å². The van der Waals surface area contributed by atoms with Crippen molar-refractivity contribution in [2.24, 2.45) is 0 Å². The molecule has 2 aromatic carbocycles. The maximum Gasteiger partial charge on any atom is 0.260 e. The molecule has 0 aliphatic heterocycles. The summed E-state index contributed by atoms with van der Waals surface area (Å²) in [6, 6.07) is 16.1. The second-order valence-electron chi connectivity index (χ2n) is 4.98. The lowest BCUT2D eigenvalue weighted by Gasteiger charge is -2.08. The molecule has 0 unspecified atom stereocenters. The van der Waals surface area contributed by atoms with Crippen molar-refractivity contribution in [2.75, 3.05) is 18.4 Å². The summed E-state index contributed by atoms with van der Waals surface area (Å²) in [6.07, 6.45) is 0. The molecular weight excluding hydrogens is 292 g/mol. The number of amides is 1. The van der Waals surface area contributed by atoms with Crippen LogP contribution in [-0.4, -0.2) is 29.0 Å². The number of H-pyrrole nitrogens is 1. The highest BCUT2D eigenvalue weighted by molar-refractivity contribution is 5.94. The van der Waals surface area contributed by atoms with Crippen LogP contribution in [0.15, 0.2) is 59.4 Å². The summed E-state index contributed by atoms with van der Waals surface area (Å²) >= 11 is 0. The average molecular weight is 308 g/mol. The fourth-order valence-corrected chi connectivity index (χ4v) is 2.22. The molecule has 0 aliphatic rings. The quantitative estimate of drug-likeness (QED) is 0.627. The molecule has 0 aliphatic carbocycles. The maximum atomic E-state index is 11.9. The number of fused-ring (bicyclic) bond motifs is 1. The van der Waals surface area contributed by atoms with Crippen molar-refractivity contribution >= 4 is 22.8 Å². The number of carbonyl (C=O) groups excluding carboxylic acids is 1. The van der Waals surface area contributed by atoms with Crippen LogP contribution in [0, 0.1) is 0 Å². The van der Waals surface area contributed by atoms with Gasteiger partial charge in [-0.1, -0.05) is 30.3 Å². The molecule has 3 rings (SSSR count). The first-order valence-corrected chi connectivity index (χ1v) is 7.30. The predicted octanol–water partition coefficient (Wildman–Crippen LogP) is 1.76. The van der Waals surface area contributed by atoms with Crippen molar-refractivity contribution in [1.82, 2.24) is 15.3 Å². The minimum absolute atomic E-state index is 0.132. The van der Waals surface area contributed by atoms with Gasteiger partial charge in [0.2, 0.25) is 5.95 Å². The predicted molar refractivity (Wildman–Crippen MR) is 89.6 cm³/mol. The number of benzene rings is 2. The Bertz CT molecular complexity index is 874. The Morgan fingerprint density at radius 2 is 1.74 bits per heavy atom. The average Bonchev–Trinajstić information content (AvgIpc) is 2.59. The van der Waals surface area contributed by atoms with E-state index in [0.29, 0.717) is 35.5 Å². The van der Waals surface area contributed by atoms with Gasteiger partial charge in [-0.25, -0.2) is 4.98 Å². The number of para-hydroxylation sites is 1. The van der Waals surface area contributed by atoms with E-state index in [9.17, 15) is 9.59 Å². The van der Waals surface area contributed by atoms with Gasteiger partial charge in [-0.15, -0.1) is 0 Å². The Balaban J connectivity index is 1.57. The van der Waals surface area contributed by atoms with Gasteiger partial charge in [0.25, 0.3) is 11.5 Å². The van der Waals surface area contributed by atoms with Gasteiger partial charge in [0.1, 0.15) is 0 Å². The molecule has 0 atom stereocenters. The second kappa shape index (κ2) is 6.74. The van der Waals surface area contributed by atoms with Crippen LogP contribution in [0.4, 0.5) is 5.95 Å². The summed E-state index contributed by atoms with van der Waals surface area (Å²) < 4.78 is 0. The van der Waals surface area contributed by atoms with E-state index >= 15 is 0 Å². The molecule has 3 N–H and O–H groups in total. The van der Waals surface area contributed by atoms with Crippen LogP contribution >= 0.6 is 0 Å². The number of nitrogens with zero attached hydrogens (tertiary/aromatic N) is 1. The molecule has 0 fully saturated rings. The number of carbonyl (C=O) groups is 1. The Morgan fingerprint density at radius 3 is 2.57 bits per heavy atom. The van der Waals surface area contributed by atoms with Gasteiger partial charge in [-0.3, -0.25) is 14.6 Å². The van der Waals surface area contributed by atoms with Crippen molar-refractivity contribution in [3.05, 3.63) is 70.5 Å². The minimum atomic E-state index is -0.188. The van der Waals surface area contributed by atoms with E-state index in [-0.39, 0.29) is 11.5 Å². The molecule has 1 heterocycles. The third-order valence-corrected chi connectivity index (χ3v) is 3.35. The highest BCUT2D eigenvalue weighted by Gasteiger charge is 2.04. The normalized spacial score (nSPS) is 10.4. The molecule has 116 valence electrons. The summed E-state index contributed by atoms with van der Waals surface area (Å²) in [5.41, 5.74) is 1.06. The Morgan fingerprint density at radius 1 is 1.00 bits per heavy atom. The molecule has 6 heteroatoms. The van der Waals surface area contributed by atoms with Gasteiger partial charge < -0.3 is 10.6 Å².